The summed E-state index contributed by atoms with van der Waals surface area (Å²) in [5.41, 5.74) is 0.697. The third-order valence-electron chi connectivity index (χ3n) is 3.86. The maximum atomic E-state index is 12.0. The lowest BCUT2D eigenvalue weighted by atomic mass is 10.3. The molecule has 0 radical (unpaired) electrons. The molecule has 2 aromatic rings. The van der Waals surface area contributed by atoms with Crippen molar-refractivity contribution in [3.8, 4) is 0 Å². The summed E-state index contributed by atoms with van der Waals surface area (Å²) in [6.45, 7) is 8.94. The number of nitrogens with one attached hydrogen (secondary N) is 2. The number of guanidine groups is 1. The second kappa shape index (κ2) is 13.1. The van der Waals surface area contributed by atoms with Crippen LogP contribution in [0.4, 0.5) is 0 Å². The van der Waals surface area contributed by atoms with Crippen LogP contribution in [-0.2, 0) is 4.74 Å². The van der Waals surface area contributed by atoms with Gasteiger partial charge >= 0.3 is 5.97 Å². The first kappa shape index (κ1) is 25.7. The van der Waals surface area contributed by atoms with Gasteiger partial charge in [0, 0.05) is 23.7 Å². The number of thiazole rings is 1. The lowest BCUT2D eigenvalue weighted by molar-refractivity contribution is 0.0531. The summed E-state index contributed by atoms with van der Waals surface area (Å²) in [4.78, 5) is 22.6. The van der Waals surface area contributed by atoms with Crippen molar-refractivity contribution in [3.05, 3.63) is 45.9 Å². The first-order valence-electron chi connectivity index (χ1n) is 9.27. The molecule has 0 amide bonds. The molecule has 0 aliphatic rings. The molecule has 9 heteroatoms. The zero-order chi connectivity index (χ0) is 20.5. The molecule has 0 saturated carbocycles. The Hall–Kier alpha value is -1.33. The Bertz CT molecular complexity index is 799. The summed E-state index contributed by atoms with van der Waals surface area (Å²) >= 11 is 3.18. The van der Waals surface area contributed by atoms with Crippen LogP contribution in [0.15, 0.2) is 40.2 Å². The van der Waals surface area contributed by atoms with Crippen molar-refractivity contribution in [2.24, 2.45) is 4.99 Å². The van der Waals surface area contributed by atoms with Crippen LogP contribution in [0.5, 0.6) is 0 Å². The number of carbonyl (C=O) groups excluding carboxylic acids is 1. The number of halogens is 1. The monoisotopic (exact) mass is 548 g/mol. The summed E-state index contributed by atoms with van der Waals surface area (Å²) < 4.78 is 5.09. The molecule has 0 bridgehead atoms. The molecule has 0 spiro atoms. The summed E-state index contributed by atoms with van der Waals surface area (Å²) in [6.07, 6.45) is 0. The molecule has 0 aliphatic heterocycles. The molecule has 2 rings (SSSR count). The Kier molecular flexibility index (Phi) is 11.6. The van der Waals surface area contributed by atoms with E-state index in [2.05, 4.69) is 39.7 Å². The first-order chi connectivity index (χ1) is 13.4. The Morgan fingerprint density at radius 2 is 2.00 bits per heavy atom. The van der Waals surface area contributed by atoms with E-state index in [-0.39, 0.29) is 36.0 Å². The fourth-order valence-electron chi connectivity index (χ4n) is 2.46. The predicted molar refractivity (Wildman–Crippen MR) is 133 cm³/mol. The lowest BCUT2D eigenvalue weighted by Gasteiger charge is -2.18. The van der Waals surface area contributed by atoms with E-state index in [4.69, 9.17) is 4.74 Å². The van der Waals surface area contributed by atoms with E-state index in [1.807, 2.05) is 43.8 Å². The fourth-order valence-corrected chi connectivity index (χ4v) is 4.37. The van der Waals surface area contributed by atoms with Crippen molar-refractivity contribution in [2.75, 3.05) is 20.2 Å². The Labute approximate surface area is 198 Å². The molecule has 1 aromatic heterocycles. The van der Waals surface area contributed by atoms with E-state index >= 15 is 0 Å². The van der Waals surface area contributed by atoms with E-state index in [0.29, 0.717) is 28.4 Å². The predicted octanol–water partition coefficient (Wildman–Crippen LogP) is 4.65. The van der Waals surface area contributed by atoms with Gasteiger partial charge in [0.05, 0.1) is 18.3 Å². The van der Waals surface area contributed by atoms with Gasteiger partial charge in [-0.3, -0.25) is 4.99 Å². The molecular weight excluding hydrogens is 519 g/mol. The molecule has 2 unspecified atom stereocenters. The lowest BCUT2D eigenvalue weighted by Crippen LogP contribution is -2.41. The number of aliphatic imine (C=N–C) groups is 1. The molecule has 1 heterocycles. The van der Waals surface area contributed by atoms with E-state index in [9.17, 15) is 4.79 Å². The highest BCUT2D eigenvalue weighted by Crippen LogP contribution is 2.24. The van der Waals surface area contributed by atoms with E-state index in [0.717, 1.165) is 11.6 Å². The van der Waals surface area contributed by atoms with Crippen LogP contribution >= 0.6 is 47.1 Å². The second-order valence-electron chi connectivity index (χ2n) is 6.25. The average Bonchev–Trinajstić information content (AvgIpc) is 3.08. The van der Waals surface area contributed by atoms with Gasteiger partial charge in [-0.15, -0.1) is 47.1 Å². The molecule has 6 nitrogen and oxygen atoms in total. The van der Waals surface area contributed by atoms with Gasteiger partial charge in [0.1, 0.15) is 9.88 Å². The molecule has 0 aliphatic carbocycles. The summed E-state index contributed by atoms with van der Waals surface area (Å²) in [5, 5.41) is 7.91. The molecule has 1 aromatic carbocycles. The van der Waals surface area contributed by atoms with Gasteiger partial charge in [-0.2, -0.15) is 0 Å². The fraction of sp³-hybridized carbons (Fsp3) is 0.450. The van der Waals surface area contributed by atoms with Crippen molar-refractivity contribution >= 4 is 59.0 Å². The van der Waals surface area contributed by atoms with Crippen molar-refractivity contribution in [1.82, 2.24) is 15.6 Å². The van der Waals surface area contributed by atoms with Crippen molar-refractivity contribution in [1.29, 1.82) is 0 Å². The highest BCUT2D eigenvalue weighted by Gasteiger charge is 2.20. The van der Waals surface area contributed by atoms with Crippen molar-refractivity contribution in [3.63, 3.8) is 0 Å². The smallest absolute Gasteiger partial charge is 0.350 e. The van der Waals surface area contributed by atoms with Crippen LogP contribution in [-0.4, -0.2) is 42.4 Å². The number of nitrogens with zero attached hydrogens (tertiary/aromatic N) is 2. The van der Waals surface area contributed by atoms with Gasteiger partial charge in [0.25, 0.3) is 0 Å². The van der Waals surface area contributed by atoms with E-state index in [1.165, 1.54) is 16.2 Å². The van der Waals surface area contributed by atoms with Gasteiger partial charge in [0.15, 0.2) is 5.96 Å². The normalized spacial score (nSPS) is 13.2. The van der Waals surface area contributed by atoms with Crippen LogP contribution in [0.25, 0.3) is 0 Å². The minimum absolute atomic E-state index is 0. The number of hydrogen-bond acceptors (Lipinski definition) is 6. The Morgan fingerprint density at radius 1 is 1.31 bits per heavy atom. The molecule has 2 N–H and O–H groups in total. The number of rotatable bonds is 8. The first-order valence-corrected chi connectivity index (χ1v) is 11.0. The van der Waals surface area contributed by atoms with Gasteiger partial charge in [-0.25, -0.2) is 9.78 Å². The highest BCUT2D eigenvalue weighted by atomic mass is 127. The Morgan fingerprint density at radius 3 is 2.62 bits per heavy atom. The number of carbonyl (C=O) groups is 1. The van der Waals surface area contributed by atoms with Crippen LogP contribution < -0.4 is 10.6 Å². The van der Waals surface area contributed by atoms with Gasteiger partial charge in [0.2, 0.25) is 0 Å². The zero-order valence-corrected chi connectivity index (χ0v) is 21.4. The van der Waals surface area contributed by atoms with Crippen LogP contribution in [0.2, 0.25) is 0 Å². The number of esters is 1. The molecule has 0 fully saturated rings. The quantitative estimate of drug-likeness (QED) is 0.165. The topological polar surface area (TPSA) is 75.6 Å². The number of thioether (sulfide) groups is 1. The van der Waals surface area contributed by atoms with Crippen LogP contribution in [0, 0.1) is 6.92 Å². The maximum absolute atomic E-state index is 12.0. The van der Waals surface area contributed by atoms with E-state index < -0.39 is 0 Å². The second-order valence-corrected chi connectivity index (χ2v) is 8.79. The number of aryl methyl sites for hydroxylation is 1. The minimum Gasteiger partial charge on any atom is -0.462 e. The zero-order valence-electron chi connectivity index (χ0n) is 17.4. The third kappa shape index (κ3) is 8.13. The summed E-state index contributed by atoms with van der Waals surface area (Å²) in [7, 11) is 1.74. The summed E-state index contributed by atoms with van der Waals surface area (Å²) in [5.74, 6) is 0.392. The van der Waals surface area contributed by atoms with E-state index in [1.54, 1.807) is 14.0 Å². The standard InChI is InChI=1S/C20H28N4O2S2.HI/c1-6-26-19(25)17-14(3)23-18(28-17)15(4)24-20(21-5)22-12-13(2)27-16-10-8-7-9-11-16;/h7-11,13,15H,6,12H2,1-5H3,(H2,21,22,24);1H. The molecule has 0 saturated heterocycles. The minimum atomic E-state index is -0.315. The van der Waals surface area contributed by atoms with Gasteiger partial charge in [-0.05, 0) is 32.9 Å². The molecule has 2 atom stereocenters. The number of ether oxygens (including phenoxy) is 1. The number of benzene rings is 1. The van der Waals surface area contributed by atoms with Crippen molar-refractivity contribution < 1.29 is 9.53 Å². The SMILES string of the molecule is CCOC(=O)c1sc(C(C)NC(=NC)NCC(C)Sc2ccccc2)nc1C.I. The maximum Gasteiger partial charge on any atom is 0.350 e. The Balaban J connectivity index is 0.00000420. The molecule has 160 valence electrons. The van der Waals surface area contributed by atoms with Gasteiger partial charge < -0.3 is 15.4 Å². The largest absolute Gasteiger partial charge is 0.462 e. The van der Waals surface area contributed by atoms with Crippen molar-refractivity contribution in [2.45, 2.75) is 43.9 Å². The van der Waals surface area contributed by atoms with Crippen LogP contribution in [0.1, 0.15) is 47.2 Å². The van der Waals surface area contributed by atoms with Crippen LogP contribution in [0.3, 0.4) is 0 Å². The number of aromatic nitrogens is 1. The average molecular weight is 549 g/mol. The number of hydrogen-bond donors (Lipinski definition) is 2. The van der Waals surface area contributed by atoms with Gasteiger partial charge in [-0.1, -0.05) is 25.1 Å². The third-order valence-corrected chi connectivity index (χ3v) is 6.29. The molecular formula is C20H29IN4O2S2. The summed E-state index contributed by atoms with van der Waals surface area (Å²) in [6, 6.07) is 10.3. The highest BCUT2D eigenvalue weighted by molar-refractivity contribution is 14.0. The molecule has 29 heavy (non-hydrogen) atoms.